The number of hydrogen-bond donors (Lipinski definition) is 2. The van der Waals surface area contributed by atoms with Crippen LogP contribution in [-0.4, -0.2) is 0 Å². The van der Waals surface area contributed by atoms with Crippen LogP contribution in [0.1, 0.15) is 0 Å². The molecule has 0 spiro atoms. The van der Waals surface area contributed by atoms with Gasteiger partial charge < -0.3 is 15.9 Å². The van der Waals surface area contributed by atoms with Crippen LogP contribution in [0.3, 0.4) is 0 Å². The van der Waals surface area contributed by atoms with Crippen LogP contribution in [0.2, 0.25) is 0 Å². The lowest BCUT2D eigenvalue weighted by Crippen LogP contribution is -2.04. The van der Waals surface area contributed by atoms with E-state index in [2.05, 4.69) is 0 Å². The molecule has 4 nitrogen and oxygen atoms in total. The number of nitrogens with two attached hydrogens (primary N) is 2. The minimum atomic E-state index is -0.916. The zero-order valence-electron chi connectivity index (χ0n) is 10.7. The number of benzene rings is 2. The quantitative estimate of drug-likeness (QED) is 0.674. The molecule has 1 aromatic heterocycles. The van der Waals surface area contributed by atoms with Gasteiger partial charge in [0.15, 0.2) is 5.43 Å². The predicted octanol–water partition coefficient (Wildman–Crippen LogP) is 2.90. The first-order valence-corrected chi connectivity index (χ1v) is 6.04. The molecule has 0 fully saturated rings. The van der Waals surface area contributed by atoms with Crippen molar-refractivity contribution in [3.8, 4) is 11.3 Å². The largest absolute Gasteiger partial charge is 0.456 e. The number of anilines is 2. The van der Waals surface area contributed by atoms with Crippen molar-refractivity contribution in [2.24, 2.45) is 0 Å². The molecular weight excluding hydrogens is 278 g/mol. The third kappa shape index (κ3) is 2.10. The van der Waals surface area contributed by atoms with Crippen LogP contribution in [0, 0.1) is 11.6 Å². The molecule has 0 bridgehead atoms. The molecule has 106 valence electrons. The van der Waals surface area contributed by atoms with E-state index in [0.29, 0.717) is 0 Å². The molecule has 4 N–H and O–H groups in total. The van der Waals surface area contributed by atoms with Gasteiger partial charge in [-0.2, -0.15) is 0 Å². The predicted molar refractivity (Wildman–Crippen MR) is 76.7 cm³/mol. The summed E-state index contributed by atoms with van der Waals surface area (Å²) in [5.41, 5.74) is 10.6. The maximum absolute atomic E-state index is 13.5. The second-order valence-corrected chi connectivity index (χ2v) is 4.55. The maximum Gasteiger partial charge on any atom is 0.195 e. The van der Waals surface area contributed by atoms with Gasteiger partial charge in [-0.15, -0.1) is 0 Å². The van der Waals surface area contributed by atoms with Gasteiger partial charge in [0, 0.05) is 17.3 Å². The molecule has 21 heavy (non-hydrogen) atoms. The van der Waals surface area contributed by atoms with Crippen molar-refractivity contribution in [3.05, 3.63) is 58.3 Å². The minimum absolute atomic E-state index is 0.0379. The lowest BCUT2D eigenvalue weighted by atomic mass is 10.1. The highest BCUT2D eigenvalue weighted by Crippen LogP contribution is 2.28. The van der Waals surface area contributed by atoms with E-state index < -0.39 is 17.3 Å². The lowest BCUT2D eigenvalue weighted by molar-refractivity contribution is 0.586. The third-order valence-corrected chi connectivity index (χ3v) is 3.15. The summed E-state index contributed by atoms with van der Waals surface area (Å²) in [5, 5.41) is 0.234. The van der Waals surface area contributed by atoms with Crippen molar-refractivity contribution in [2.45, 2.75) is 0 Å². The zero-order valence-corrected chi connectivity index (χ0v) is 10.7. The van der Waals surface area contributed by atoms with Crippen molar-refractivity contribution >= 4 is 22.3 Å². The molecule has 6 heteroatoms. The molecule has 0 unspecified atom stereocenters. The van der Waals surface area contributed by atoms with Gasteiger partial charge in [-0.3, -0.25) is 4.79 Å². The summed E-state index contributed by atoms with van der Waals surface area (Å²) in [6.07, 6.45) is 0. The van der Waals surface area contributed by atoms with E-state index in [1.165, 1.54) is 0 Å². The van der Waals surface area contributed by atoms with E-state index in [0.717, 1.165) is 18.2 Å². The van der Waals surface area contributed by atoms with Crippen LogP contribution in [0.5, 0.6) is 0 Å². The van der Waals surface area contributed by atoms with E-state index in [1.54, 1.807) is 18.2 Å². The Hall–Kier alpha value is -2.89. The van der Waals surface area contributed by atoms with Gasteiger partial charge in [-0.05, 0) is 24.3 Å². The Morgan fingerprint density at radius 1 is 1.00 bits per heavy atom. The first-order valence-electron chi connectivity index (χ1n) is 6.04. The molecule has 2 aromatic carbocycles. The first kappa shape index (κ1) is 13.1. The van der Waals surface area contributed by atoms with Gasteiger partial charge in [-0.25, -0.2) is 8.78 Å². The van der Waals surface area contributed by atoms with Crippen molar-refractivity contribution < 1.29 is 13.2 Å². The standard InChI is InChI=1S/C15H10F2N2O2/c16-8-4-7(5-9(17)15(8)19)13-6-11(20)14-10(18)2-1-3-12(14)21-13/h1-6H,18-19H2. The van der Waals surface area contributed by atoms with Gasteiger partial charge in [-0.1, -0.05) is 6.07 Å². The van der Waals surface area contributed by atoms with E-state index in [1.807, 2.05) is 0 Å². The number of rotatable bonds is 1. The molecular formula is C15H10F2N2O2. The summed E-state index contributed by atoms with van der Waals surface area (Å²) in [6, 6.07) is 7.91. The number of fused-ring (bicyclic) bond motifs is 1. The Morgan fingerprint density at radius 2 is 1.67 bits per heavy atom. The Bertz CT molecular complexity index is 896. The molecule has 0 aliphatic rings. The Morgan fingerprint density at radius 3 is 2.33 bits per heavy atom. The average Bonchev–Trinajstić information content (AvgIpc) is 2.44. The summed E-state index contributed by atoms with van der Waals surface area (Å²) < 4.78 is 32.5. The van der Waals surface area contributed by atoms with E-state index in [4.69, 9.17) is 15.9 Å². The third-order valence-electron chi connectivity index (χ3n) is 3.15. The summed E-state index contributed by atoms with van der Waals surface area (Å²) in [6.45, 7) is 0. The molecule has 0 saturated carbocycles. The van der Waals surface area contributed by atoms with Gasteiger partial charge in [0.05, 0.1) is 5.39 Å². The molecule has 3 aromatic rings. The highest BCUT2D eigenvalue weighted by molar-refractivity contribution is 5.89. The first-order chi connectivity index (χ1) is 9.97. The van der Waals surface area contributed by atoms with Crippen LogP contribution in [0.25, 0.3) is 22.3 Å². The second kappa shape index (κ2) is 4.59. The highest BCUT2D eigenvalue weighted by atomic mass is 19.1. The fourth-order valence-corrected chi connectivity index (χ4v) is 2.10. The van der Waals surface area contributed by atoms with Crippen LogP contribution in [-0.2, 0) is 0 Å². The minimum Gasteiger partial charge on any atom is -0.456 e. The number of halogens is 2. The zero-order chi connectivity index (χ0) is 15.1. The molecule has 3 rings (SSSR count). The SMILES string of the molecule is Nc1c(F)cc(-c2cc(=O)c3c(N)cccc3o2)cc1F. The van der Waals surface area contributed by atoms with Crippen LogP contribution in [0.15, 0.2) is 45.6 Å². The molecule has 0 amide bonds. The van der Waals surface area contributed by atoms with E-state index in [9.17, 15) is 13.6 Å². The number of nitrogen functional groups attached to an aromatic ring is 2. The molecule has 0 atom stereocenters. The van der Waals surface area contributed by atoms with Gasteiger partial charge in [0.1, 0.15) is 28.7 Å². The van der Waals surface area contributed by atoms with Gasteiger partial charge in [0.25, 0.3) is 0 Å². The van der Waals surface area contributed by atoms with Crippen molar-refractivity contribution in [2.75, 3.05) is 11.5 Å². The molecule has 1 heterocycles. The highest BCUT2D eigenvalue weighted by Gasteiger charge is 2.13. The average molecular weight is 288 g/mol. The fraction of sp³-hybridized carbons (Fsp3) is 0. The van der Waals surface area contributed by atoms with Crippen LogP contribution in [0.4, 0.5) is 20.2 Å². The normalized spacial score (nSPS) is 11.0. The Labute approximate surface area is 117 Å². The summed E-state index contributed by atoms with van der Waals surface area (Å²) >= 11 is 0. The van der Waals surface area contributed by atoms with E-state index in [-0.39, 0.29) is 33.4 Å². The van der Waals surface area contributed by atoms with E-state index >= 15 is 0 Å². The Balaban J connectivity index is 2.30. The van der Waals surface area contributed by atoms with Crippen LogP contribution < -0.4 is 16.9 Å². The molecule has 0 radical (unpaired) electrons. The molecule has 0 aliphatic heterocycles. The van der Waals surface area contributed by atoms with Gasteiger partial charge in [0.2, 0.25) is 0 Å². The maximum atomic E-state index is 13.5. The smallest absolute Gasteiger partial charge is 0.195 e. The van der Waals surface area contributed by atoms with Crippen molar-refractivity contribution in [1.29, 1.82) is 0 Å². The monoisotopic (exact) mass is 288 g/mol. The van der Waals surface area contributed by atoms with Crippen molar-refractivity contribution in [3.63, 3.8) is 0 Å². The number of hydrogen-bond acceptors (Lipinski definition) is 4. The molecule has 0 aliphatic carbocycles. The summed E-state index contributed by atoms with van der Waals surface area (Å²) in [4.78, 5) is 12.1. The topological polar surface area (TPSA) is 82.2 Å². The Kier molecular flexibility index (Phi) is 2.86. The lowest BCUT2D eigenvalue weighted by Gasteiger charge is -2.06. The fourth-order valence-electron chi connectivity index (χ4n) is 2.10. The summed E-state index contributed by atoms with van der Waals surface area (Å²) in [7, 11) is 0. The van der Waals surface area contributed by atoms with Gasteiger partial charge >= 0.3 is 0 Å². The van der Waals surface area contributed by atoms with Crippen LogP contribution >= 0.6 is 0 Å². The van der Waals surface area contributed by atoms with Crippen molar-refractivity contribution in [1.82, 2.24) is 0 Å². The molecule has 0 saturated heterocycles. The second-order valence-electron chi connectivity index (χ2n) is 4.55. The summed E-state index contributed by atoms with van der Waals surface area (Å²) in [5.74, 6) is -1.79.